The Hall–Kier alpha value is -2.04. The summed E-state index contributed by atoms with van der Waals surface area (Å²) in [4.78, 5) is 24.8. The highest BCUT2D eigenvalue weighted by Crippen LogP contribution is 2.23. The second-order valence-electron chi connectivity index (χ2n) is 5.48. The summed E-state index contributed by atoms with van der Waals surface area (Å²) < 4.78 is 5.33. The molecular weight excluding hydrogens is 258 g/mol. The van der Waals surface area contributed by atoms with Crippen LogP contribution in [0.2, 0.25) is 0 Å². The van der Waals surface area contributed by atoms with Crippen LogP contribution in [-0.2, 0) is 9.53 Å². The number of carbonyl (C=O) groups is 2. The first-order valence-electron chi connectivity index (χ1n) is 6.55. The van der Waals surface area contributed by atoms with Crippen molar-refractivity contribution in [2.45, 2.75) is 45.8 Å². The van der Waals surface area contributed by atoms with E-state index in [1.54, 1.807) is 32.9 Å². The van der Waals surface area contributed by atoms with Crippen molar-refractivity contribution < 1.29 is 19.4 Å². The Morgan fingerprint density at radius 1 is 1.35 bits per heavy atom. The molecule has 1 N–H and O–H groups in total. The van der Waals surface area contributed by atoms with Gasteiger partial charge in [-0.25, -0.2) is 4.79 Å². The zero-order valence-electron chi connectivity index (χ0n) is 12.3. The molecule has 0 aliphatic carbocycles. The van der Waals surface area contributed by atoms with Crippen molar-refractivity contribution in [3.05, 3.63) is 24.3 Å². The highest BCUT2D eigenvalue weighted by molar-refractivity contribution is 5.92. The zero-order chi connectivity index (χ0) is 15.3. The fraction of sp³-hybridized carbons (Fsp3) is 0.467. The molecule has 0 heterocycles. The number of aromatic hydroxyl groups is 1. The molecule has 1 unspecified atom stereocenters. The van der Waals surface area contributed by atoms with Crippen LogP contribution >= 0.6 is 0 Å². The summed E-state index contributed by atoms with van der Waals surface area (Å²) in [6, 6.07) is 5.47. The fourth-order valence-electron chi connectivity index (χ4n) is 1.70. The van der Waals surface area contributed by atoms with Crippen molar-refractivity contribution in [3.63, 3.8) is 0 Å². The lowest BCUT2D eigenvalue weighted by Gasteiger charge is -2.30. The van der Waals surface area contributed by atoms with Gasteiger partial charge in [-0.1, -0.05) is 6.92 Å². The number of nitrogens with zero attached hydrogens (tertiary/aromatic N) is 1. The van der Waals surface area contributed by atoms with Gasteiger partial charge in [-0.15, -0.1) is 0 Å². The molecule has 1 aromatic carbocycles. The molecule has 5 nitrogen and oxygen atoms in total. The van der Waals surface area contributed by atoms with Gasteiger partial charge in [0, 0.05) is 5.69 Å². The fourth-order valence-corrected chi connectivity index (χ4v) is 1.70. The van der Waals surface area contributed by atoms with Crippen LogP contribution in [0.5, 0.6) is 5.75 Å². The van der Waals surface area contributed by atoms with Gasteiger partial charge < -0.3 is 14.6 Å². The van der Waals surface area contributed by atoms with Crippen molar-refractivity contribution >= 4 is 18.1 Å². The number of rotatable bonds is 4. The predicted molar refractivity (Wildman–Crippen MR) is 77.0 cm³/mol. The summed E-state index contributed by atoms with van der Waals surface area (Å²) in [5.41, 5.74) is -0.135. The Bertz CT molecular complexity index is 462. The van der Waals surface area contributed by atoms with Gasteiger partial charge >= 0.3 is 6.09 Å². The van der Waals surface area contributed by atoms with Gasteiger partial charge in [-0.2, -0.15) is 0 Å². The van der Waals surface area contributed by atoms with E-state index in [2.05, 4.69) is 0 Å². The second kappa shape index (κ2) is 6.41. The minimum absolute atomic E-state index is 0.0945. The van der Waals surface area contributed by atoms with Gasteiger partial charge in [-0.05, 0) is 51.5 Å². The third kappa shape index (κ3) is 4.26. The third-order valence-electron chi connectivity index (χ3n) is 2.63. The first kappa shape index (κ1) is 16.0. The molecule has 0 fully saturated rings. The van der Waals surface area contributed by atoms with Crippen molar-refractivity contribution in [2.24, 2.45) is 0 Å². The molecular formula is C15H21NO4. The number of hydrogen-bond acceptors (Lipinski definition) is 4. The van der Waals surface area contributed by atoms with Crippen molar-refractivity contribution in [3.8, 4) is 5.75 Å². The summed E-state index contributed by atoms with van der Waals surface area (Å²) in [6.07, 6.45) is 0.613. The number of amides is 1. The predicted octanol–water partition coefficient (Wildman–Crippen LogP) is 3.11. The molecule has 5 heteroatoms. The molecule has 1 amide bonds. The molecule has 110 valence electrons. The molecule has 0 spiro atoms. The molecule has 0 aliphatic heterocycles. The molecule has 0 aliphatic rings. The molecule has 0 saturated heterocycles. The standard InChI is InChI=1S/C15H21NO4/c1-5-11(10-17)16(14(19)20-15(2,3)4)12-6-8-13(18)9-7-12/h6-11,18H,5H2,1-4H3. The number of ether oxygens (including phenoxy) is 1. The number of anilines is 1. The lowest BCUT2D eigenvalue weighted by molar-refractivity contribution is -0.109. The molecule has 1 rings (SSSR count). The summed E-state index contributed by atoms with van der Waals surface area (Å²) in [5.74, 6) is 0.0945. The first-order chi connectivity index (χ1) is 9.28. The van der Waals surface area contributed by atoms with E-state index in [0.717, 1.165) is 6.29 Å². The largest absolute Gasteiger partial charge is 0.508 e. The molecule has 20 heavy (non-hydrogen) atoms. The molecule has 0 radical (unpaired) electrons. The van der Waals surface area contributed by atoms with Gasteiger partial charge in [0.15, 0.2) is 0 Å². The van der Waals surface area contributed by atoms with Crippen LogP contribution in [-0.4, -0.2) is 29.1 Å². The third-order valence-corrected chi connectivity index (χ3v) is 2.63. The summed E-state index contributed by atoms with van der Waals surface area (Å²) in [5, 5.41) is 9.31. The smallest absolute Gasteiger partial charge is 0.415 e. The Balaban J connectivity index is 3.11. The van der Waals surface area contributed by atoms with Crippen LogP contribution in [0.25, 0.3) is 0 Å². The van der Waals surface area contributed by atoms with E-state index < -0.39 is 17.7 Å². The van der Waals surface area contributed by atoms with Crippen LogP contribution in [0.3, 0.4) is 0 Å². The number of carbonyl (C=O) groups excluding carboxylic acids is 2. The summed E-state index contributed by atoms with van der Waals surface area (Å²) in [6.45, 7) is 7.11. The molecule has 0 aromatic heterocycles. The first-order valence-corrected chi connectivity index (χ1v) is 6.55. The van der Waals surface area contributed by atoms with Crippen LogP contribution in [0, 0.1) is 0 Å². The van der Waals surface area contributed by atoms with Crippen LogP contribution in [0.1, 0.15) is 34.1 Å². The summed E-state index contributed by atoms with van der Waals surface area (Å²) in [7, 11) is 0. The monoisotopic (exact) mass is 279 g/mol. The van der Waals surface area contributed by atoms with E-state index in [4.69, 9.17) is 4.74 Å². The Morgan fingerprint density at radius 3 is 2.30 bits per heavy atom. The minimum atomic E-state index is -0.645. The quantitative estimate of drug-likeness (QED) is 0.860. The molecule has 1 atom stereocenters. The highest BCUT2D eigenvalue weighted by atomic mass is 16.6. The number of phenols is 1. The SMILES string of the molecule is CCC(C=O)N(C(=O)OC(C)(C)C)c1ccc(O)cc1. The Morgan fingerprint density at radius 2 is 1.90 bits per heavy atom. The van der Waals surface area contributed by atoms with E-state index in [1.807, 2.05) is 6.92 Å². The van der Waals surface area contributed by atoms with Gasteiger partial charge in [-0.3, -0.25) is 4.90 Å². The van der Waals surface area contributed by atoms with E-state index in [-0.39, 0.29) is 5.75 Å². The maximum absolute atomic E-state index is 12.3. The van der Waals surface area contributed by atoms with Crippen molar-refractivity contribution in [1.82, 2.24) is 0 Å². The maximum atomic E-state index is 12.3. The summed E-state index contributed by atoms with van der Waals surface area (Å²) >= 11 is 0. The lowest BCUT2D eigenvalue weighted by atomic mass is 10.1. The second-order valence-corrected chi connectivity index (χ2v) is 5.48. The van der Waals surface area contributed by atoms with Crippen LogP contribution in [0.15, 0.2) is 24.3 Å². The van der Waals surface area contributed by atoms with E-state index >= 15 is 0 Å². The molecule has 0 bridgehead atoms. The average Bonchev–Trinajstić information content (AvgIpc) is 2.35. The van der Waals surface area contributed by atoms with Gasteiger partial charge in [0.25, 0.3) is 0 Å². The topological polar surface area (TPSA) is 66.8 Å². The minimum Gasteiger partial charge on any atom is -0.508 e. The van der Waals surface area contributed by atoms with Gasteiger partial charge in [0.1, 0.15) is 17.6 Å². The normalized spacial score (nSPS) is 12.6. The van der Waals surface area contributed by atoms with E-state index in [0.29, 0.717) is 12.1 Å². The van der Waals surface area contributed by atoms with E-state index in [1.165, 1.54) is 17.0 Å². The number of aldehydes is 1. The maximum Gasteiger partial charge on any atom is 0.415 e. The van der Waals surface area contributed by atoms with E-state index in [9.17, 15) is 14.7 Å². The van der Waals surface area contributed by atoms with Crippen molar-refractivity contribution in [1.29, 1.82) is 0 Å². The number of hydrogen-bond donors (Lipinski definition) is 1. The highest BCUT2D eigenvalue weighted by Gasteiger charge is 2.28. The zero-order valence-corrected chi connectivity index (χ0v) is 12.3. The lowest BCUT2D eigenvalue weighted by Crippen LogP contribution is -2.44. The van der Waals surface area contributed by atoms with Crippen LogP contribution < -0.4 is 4.90 Å². The molecule has 0 saturated carbocycles. The van der Waals surface area contributed by atoms with Crippen LogP contribution in [0.4, 0.5) is 10.5 Å². The van der Waals surface area contributed by atoms with Gasteiger partial charge in [0.2, 0.25) is 0 Å². The number of phenolic OH excluding ortho intramolecular Hbond substituents is 1. The average molecular weight is 279 g/mol. The van der Waals surface area contributed by atoms with Gasteiger partial charge in [0.05, 0.1) is 6.04 Å². The van der Waals surface area contributed by atoms with Crippen molar-refractivity contribution in [2.75, 3.05) is 4.90 Å². The Labute approximate surface area is 119 Å². The molecule has 1 aromatic rings. The Kier molecular flexibility index (Phi) is 5.13. The number of benzene rings is 1.